The highest BCUT2D eigenvalue weighted by Gasteiger charge is 2.20. The van der Waals surface area contributed by atoms with Gasteiger partial charge in [-0.25, -0.2) is 0 Å². The van der Waals surface area contributed by atoms with Crippen molar-refractivity contribution in [2.45, 2.75) is 13.8 Å². The van der Waals surface area contributed by atoms with Crippen LogP contribution in [0.2, 0.25) is 0 Å². The van der Waals surface area contributed by atoms with E-state index in [1.807, 2.05) is 36.1 Å². The molecule has 5 nitrogen and oxygen atoms in total. The van der Waals surface area contributed by atoms with Crippen molar-refractivity contribution in [2.24, 2.45) is 0 Å². The highest BCUT2D eigenvalue weighted by atomic mass is 16.5. The Morgan fingerprint density at radius 2 is 1.82 bits per heavy atom. The van der Waals surface area contributed by atoms with E-state index in [0.717, 1.165) is 31.7 Å². The van der Waals surface area contributed by atoms with E-state index in [0.29, 0.717) is 18.1 Å². The van der Waals surface area contributed by atoms with Crippen LogP contribution in [0.4, 0.5) is 5.69 Å². The summed E-state index contributed by atoms with van der Waals surface area (Å²) >= 11 is 0. The topological polar surface area (TPSA) is 42.0 Å². The second-order valence-corrected chi connectivity index (χ2v) is 6.78. The van der Waals surface area contributed by atoms with E-state index < -0.39 is 0 Å². The van der Waals surface area contributed by atoms with Gasteiger partial charge in [-0.1, -0.05) is 24.3 Å². The number of methoxy groups -OCH3 is 1. The van der Waals surface area contributed by atoms with Gasteiger partial charge >= 0.3 is 0 Å². The lowest BCUT2D eigenvalue weighted by atomic mass is 10.1. The third-order valence-corrected chi connectivity index (χ3v) is 4.95. The summed E-state index contributed by atoms with van der Waals surface area (Å²) in [5, 5.41) is 0. The highest BCUT2D eigenvalue weighted by molar-refractivity contribution is 5.92. The number of benzene rings is 2. The molecule has 1 saturated heterocycles. The van der Waals surface area contributed by atoms with Gasteiger partial charge in [0.2, 0.25) is 5.91 Å². The monoisotopic (exact) mass is 380 g/mol. The van der Waals surface area contributed by atoms with E-state index in [4.69, 9.17) is 9.47 Å². The third-order valence-electron chi connectivity index (χ3n) is 4.95. The van der Waals surface area contributed by atoms with Crippen LogP contribution >= 0.6 is 0 Å². The van der Waals surface area contributed by atoms with Gasteiger partial charge in [-0.2, -0.15) is 0 Å². The van der Waals surface area contributed by atoms with Crippen LogP contribution in [0.5, 0.6) is 11.5 Å². The molecule has 1 aliphatic heterocycles. The number of carbonyl (C=O) groups excluding carboxylic acids is 1. The van der Waals surface area contributed by atoms with Gasteiger partial charge in [-0.05, 0) is 49.2 Å². The van der Waals surface area contributed by atoms with Crippen LogP contribution in [0.1, 0.15) is 18.1 Å². The molecule has 148 valence electrons. The predicted octanol–water partition coefficient (Wildman–Crippen LogP) is 3.76. The second-order valence-electron chi connectivity index (χ2n) is 6.78. The zero-order chi connectivity index (χ0) is 19.9. The molecule has 0 radical (unpaired) electrons. The summed E-state index contributed by atoms with van der Waals surface area (Å²) in [7, 11) is 1.62. The summed E-state index contributed by atoms with van der Waals surface area (Å²) in [5.41, 5.74) is 3.44. The lowest BCUT2D eigenvalue weighted by molar-refractivity contribution is -0.126. The quantitative estimate of drug-likeness (QED) is 0.716. The predicted molar refractivity (Wildman–Crippen MR) is 113 cm³/mol. The smallest absolute Gasteiger partial charge is 0.246 e. The molecule has 1 heterocycles. The molecular weight excluding hydrogens is 352 g/mol. The van der Waals surface area contributed by atoms with Crippen molar-refractivity contribution in [2.75, 3.05) is 44.8 Å². The van der Waals surface area contributed by atoms with Gasteiger partial charge in [0, 0.05) is 37.9 Å². The molecule has 1 aliphatic rings. The molecule has 2 aromatic carbocycles. The van der Waals surface area contributed by atoms with Crippen LogP contribution in [0.25, 0.3) is 6.08 Å². The number of nitrogens with zero attached hydrogens (tertiary/aromatic N) is 2. The number of anilines is 1. The Labute approximate surface area is 167 Å². The van der Waals surface area contributed by atoms with Crippen LogP contribution in [0.15, 0.2) is 48.5 Å². The summed E-state index contributed by atoms with van der Waals surface area (Å²) in [6.45, 7) is 7.77. The van der Waals surface area contributed by atoms with E-state index in [1.54, 1.807) is 13.2 Å². The number of rotatable bonds is 6. The maximum absolute atomic E-state index is 12.6. The zero-order valence-electron chi connectivity index (χ0n) is 16.9. The van der Waals surface area contributed by atoms with Gasteiger partial charge in [-0.15, -0.1) is 0 Å². The summed E-state index contributed by atoms with van der Waals surface area (Å²) in [6, 6.07) is 14.1. The minimum absolute atomic E-state index is 0.0400. The Kier molecular flexibility index (Phi) is 6.58. The minimum Gasteiger partial charge on any atom is -0.493 e. The molecule has 1 amide bonds. The van der Waals surface area contributed by atoms with Crippen molar-refractivity contribution < 1.29 is 14.3 Å². The molecule has 2 aromatic rings. The lowest BCUT2D eigenvalue weighted by Gasteiger charge is -2.36. The number of para-hydroxylation sites is 1. The van der Waals surface area contributed by atoms with Crippen molar-refractivity contribution in [3.63, 3.8) is 0 Å². The molecule has 0 unspecified atom stereocenters. The maximum atomic E-state index is 12.6. The minimum atomic E-state index is 0.0400. The van der Waals surface area contributed by atoms with Crippen LogP contribution in [0.3, 0.4) is 0 Å². The fourth-order valence-corrected chi connectivity index (χ4v) is 3.42. The molecule has 0 aliphatic carbocycles. The van der Waals surface area contributed by atoms with Gasteiger partial charge in [0.15, 0.2) is 11.5 Å². The first-order valence-electron chi connectivity index (χ1n) is 9.70. The van der Waals surface area contributed by atoms with Crippen molar-refractivity contribution in [3.05, 3.63) is 59.7 Å². The van der Waals surface area contributed by atoms with Crippen LogP contribution in [-0.4, -0.2) is 50.7 Å². The Balaban J connectivity index is 1.60. The van der Waals surface area contributed by atoms with E-state index in [2.05, 4.69) is 36.1 Å². The molecule has 28 heavy (non-hydrogen) atoms. The number of aryl methyl sites for hydroxylation is 1. The average molecular weight is 380 g/mol. The summed E-state index contributed by atoms with van der Waals surface area (Å²) < 4.78 is 10.9. The van der Waals surface area contributed by atoms with Gasteiger partial charge < -0.3 is 19.3 Å². The SMILES string of the molecule is CCOc1cc(/C=C/C(=O)N2CCN(c3ccccc3C)CC2)ccc1OC. The normalized spacial score (nSPS) is 14.4. The fraction of sp³-hybridized carbons (Fsp3) is 0.348. The number of piperazine rings is 1. The summed E-state index contributed by atoms with van der Waals surface area (Å²) in [6.07, 6.45) is 3.47. The van der Waals surface area contributed by atoms with Crippen molar-refractivity contribution in [1.29, 1.82) is 0 Å². The number of hydrogen-bond donors (Lipinski definition) is 0. The molecule has 0 bridgehead atoms. The number of hydrogen-bond acceptors (Lipinski definition) is 4. The van der Waals surface area contributed by atoms with Crippen LogP contribution in [-0.2, 0) is 4.79 Å². The van der Waals surface area contributed by atoms with E-state index in [9.17, 15) is 4.79 Å². The first-order valence-corrected chi connectivity index (χ1v) is 9.70. The molecule has 1 fully saturated rings. The second kappa shape index (κ2) is 9.31. The molecular formula is C23H28N2O3. The maximum Gasteiger partial charge on any atom is 0.246 e. The zero-order valence-corrected chi connectivity index (χ0v) is 16.9. The Bertz CT molecular complexity index is 839. The third kappa shape index (κ3) is 4.66. The summed E-state index contributed by atoms with van der Waals surface area (Å²) in [5.74, 6) is 1.42. The molecule has 0 atom stereocenters. The fourth-order valence-electron chi connectivity index (χ4n) is 3.42. The average Bonchev–Trinajstić information content (AvgIpc) is 2.73. The van der Waals surface area contributed by atoms with Gasteiger partial charge in [0.05, 0.1) is 13.7 Å². The molecule has 3 rings (SSSR count). The van der Waals surface area contributed by atoms with E-state index >= 15 is 0 Å². The number of amides is 1. The van der Waals surface area contributed by atoms with Crippen molar-refractivity contribution >= 4 is 17.7 Å². The van der Waals surface area contributed by atoms with Crippen LogP contribution < -0.4 is 14.4 Å². The molecule has 5 heteroatoms. The Hall–Kier alpha value is -2.95. The first kappa shape index (κ1) is 19.8. The molecule has 0 aromatic heterocycles. The lowest BCUT2D eigenvalue weighted by Crippen LogP contribution is -2.48. The number of ether oxygens (including phenoxy) is 2. The van der Waals surface area contributed by atoms with Gasteiger partial charge in [0.1, 0.15) is 0 Å². The largest absolute Gasteiger partial charge is 0.493 e. The van der Waals surface area contributed by atoms with Gasteiger partial charge in [0.25, 0.3) is 0 Å². The standard InChI is InChI=1S/C23H28N2O3/c1-4-28-22-17-19(9-11-21(22)27-3)10-12-23(26)25-15-13-24(14-16-25)20-8-6-5-7-18(20)2/h5-12,17H,4,13-16H2,1-3H3/b12-10+. The first-order chi connectivity index (χ1) is 13.6. The summed E-state index contributed by atoms with van der Waals surface area (Å²) in [4.78, 5) is 16.8. The molecule has 0 saturated carbocycles. The number of carbonyl (C=O) groups is 1. The van der Waals surface area contributed by atoms with Gasteiger partial charge in [-0.3, -0.25) is 4.79 Å². The molecule has 0 spiro atoms. The van der Waals surface area contributed by atoms with E-state index in [-0.39, 0.29) is 5.91 Å². The van der Waals surface area contributed by atoms with Crippen molar-refractivity contribution in [1.82, 2.24) is 4.90 Å². The highest BCUT2D eigenvalue weighted by Crippen LogP contribution is 2.28. The Morgan fingerprint density at radius 1 is 1.07 bits per heavy atom. The Morgan fingerprint density at radius 3 is 2.50 bits per heavy atom. The van der Waals surface area contributed by atoms with Crippen molar-refractivity contribution in [3.8, 4) is 11.5 Å². The molecule has 0 N–H and O–H groups in total. The van der Waals surface area contributed by atoms with E-state index in [1.165, 1.54) is 11.3 Å². The van der Waals surface area contributed by atoms with Crippen LogP contribution in [0, 0.1) is 6.92 Å².